The summed E-state index contributed by atoms with van der Waals surface area (Å²) in [7, 11) is 0. The van der Waals surface area contributed by atoms with E-state index >= 15 is 0 Å². The van der Waals surface area contributed by atoms with Crippen LogP contribution in [0.5, 0.6) is 0 Å². The van der Waals surface area contributed by atoms with Gasteiger partial charge < -0.3 is 29.9 Å². The zero-order chi connectivity index (χ0) is 20.7. The van der Waals surface area contributed by atoms with Gasteiger partial charge in [0.1, 0.15) is 0 Å². The molecule has 0 bridgehead atoms. The van der Waals surface area contributed by atoms with Crippen molar-refractivity contribution in [1.82, 2.24) is 0 Å². The van der Waals surface area contributed by atoms with Gasteiger partial charge in [0.05, 0.1) is 0 Å². The zero-order valence-corrected chi connectivity index (χ0v) is 15.2. The summed E-state index contributed by atoms with van der Waals surface area (Å²) in [5, 5.41) is 29.7. The highest BCUT2D eigenvalue weighted by atomic mass is 16.7. The second-order valence-electron chi connectivity index (χ2n) is 3.55. The first-order chi connectivity index (χ1) is 10.7. The minimum Gasteiger partial charge on any atom is -0.481 e. The van der Waals surface area contributed by atoms with Gasteiger partial charge >= 0.3 is 0 Å². The SMILES string of the molecule is CC(=O)O.CC(=O)O.CC(=O)O.CC(=O)O.CCOC(C)OCC. The summed E-state index contributed by atoms with van der Waals surface area (Å²) in [4.78, 5) is 36.0. The lowest BCUT2D eigenvalue weighted by Gasteiger charge is -2.09. The highest BCUT2D eigenvalue weighted by Gasteiger charge is 1.94. The smallest absolute Gasteiger partial charge is 0.300 e. The summed E-state index contributed by atoms with van der Waals surface area (Å²) in [5.41, 5.74) is 0. The first-order valence-corrected chi connectivity index (χ1v) is 6.75. The number of hydrogen-bond acceptors (Lipinski definition) is 6. The third kappa shape index (κ3) is 485. The topological polar surface area (TPSA) is 168 Å². The van der Waals surface area contributed by atoms with Crippen LogP contribution in [-0.4, -0.2) is 63.8 Å². The molecule has 10 heteroatoms. The van der Waals surface area contributed by atoms with Crippen LogP contribution in [0.2, 0.25) is 0 Å². The number of carbonyl (C=O) groups is 4. The molecule has 0 aromatic rings. The van der Waals surface area contributed by atoms with Gasteiger partial charge in [-0.15, -0.1) is 0 Å². The Labute approximate surface area is 142 Å². The van der Waals surface area contributed by atoms with Crippen LogP contribution in [0.15, 0.2) is 0 Å². The maximum atomic E-state index is 9.00. The average Bonchev–Trinajstić information content (AvgIpc) is 2.25. The van der Waals surface area contributed by atoms with Gasteiger partial charge in [-0.25, -0.2) is 0 Å². The molecule has 0 heterocycles. The lowest BCUT2D eigenvalue weighted by Crippen LogP contribution is -2.11. The number of aliphatic carboxylic acids is 4. The molecule has 0 saturated carbocycles. The van der Waals surface area contributed by atoms with Crippen LogP contribution in [0.1, 0.15) is 48.5 Å². The van der Waals surface area contributed by atoms with Crippen LogP contribution in [0, 0.1) is 0 Å². The van der Waals surface area contributed by atoms with Gasteiger partial charge in [-0.1, -0.05) is 0 Å². The fourth-order valence-electron chi connectivity index (χ4n) is 0.518. The molecule has 0 aromatic carbocycles. The first kappa shape index (κ1) is 33.4. The van der Waals surface area contributed by atoms with Gasteiger partial charge in [-0.3, -0.25) is 19.2 Å². The monoisotopic (exact) mass is 358 g/mol. The fourth-order valence-corrected chi connectivity index (χ4v) is 0.518. The Hall–Kier alpha value is -2.20. The molecule has 0 aromatic heterocycles. The summed E-state index contributed by atoms with van der Waals surface area (Å²) >= 11 is 0. The van der Waals surface area contributed by atoms with Crippen molar-refractivity contribution in [3.05, 3.63) is 0 Å². The summed E-state index contributed by atoms with van der Waals surface area (Å²) < 4.78 is 10.1. The molecule has 0 aliphatic heterocycles. The molecule has 0 atom stereocenters. The van der Waals surface area contributed by atoms with Gasteiger partial charge in [-0.2, -0.15) is 0 Å². The molecular formula is C14H30O10. The van der Waals surface area contributed by atoms with E-state index in [1.54, 1.807) is 0 Å². The van der Waals surface area contributed by atoms with E-state index in [9.17, 15) is 0 Å². The van der Waals surface area contributed by atoms with Gasteiger partial charge in [0, 0.05) is 40.9 Å². The van der Waals surface area contributed by atoms with E-state index in [2.05, 4.69) is 0 Å². The lowest BCUT2D eigenvalue weighted by atomic mass is 10.7. The van der Waals surface area contributed by atoms with Gasteiger partial charge in [0.15, 0.2) is 6.29 Å². The van der Waals surface area contributed by atoms with Crippen molar-refractivity contribution in [2.45, 2.75) is 54.8 Å². The molecule has 0 rings (SSSR count). The van der Waals surface area contributed by atoms with Gasteiger partial charge in [-0.05, 0) is 20.8 Å². The van der Waals surface area contributed by atoms with E-state index in [1.807, 2.05) is 20.8 Å². The van der Waals surface area contributed by atoms with Crippen molar-refractivity contribution >= 4 is 23.9 Å². The summed E-state index contributed by atoms with van der Waals surface area (Å²) in [5.74, 6) is -3.33. The number of carboxylic acids is 4. The molecule has 0 amide bonds. The fraction of sp³-hybridized carbons (Fsp3) is 0.714. The minimum absolute atomic E-state index is 0.0370. The van der Waals surface area contributed by atoms with Crippen molar-refractivity contribution in [2.24, 2.45) is 0 Å². The molecule has 4 N–H and O–H groups in total. The second kappa shape index (κ2) is 28.9. The summed E-state index contributed by atoms with van der Waals surface area (Å²) in [6, 6.07) is 0. The maximum Gasteiger partial charge on any atom is 0.300 e. The standard InChI is InChI=1S/C6H14O2.4C2H4O2/c1-4-7-6(3)8-5-2;4*1-2(3)4/h6H,4-5H2,1-3H3;4*1H3,(H,3,4). The van der Waals surface area contributed by atoms with Gasteiger partial charge in [0.2, 0.25) is 0 Å². The summed E-state index contributed by atoms with van der Waals surface area (Å²) in [6.45, 7) is 11.6. The molecule has 24 heavy (non-hydrogen) atoms. The Morgan fingerprint density at radius 3 is 0.875 bits per heavy atom. The van der Waals surface area contributed by atoms with E-state index in [1.165, 1.54) is 0 Å². The first-order valence-electron chi connectivity index (χ1n) is 6.75. The molecule has 146 valence electrons. The Morgan fingerprint density at radius 1 is 0.667 bits per heavy atom. The van der Waals surface area contributed by atoms with Crippen LogP contribution >= 0.6 is 0 Å². The average molecular weight is 358 g/mol. The predicted molar refractivity (Wildman–Crippen MR) is 86.0 cm³/mol. The van der Waals surface area contributed by atoms with E-state index in [0.29, 0.717) is 0 Å². The van der Waals surface area contributed by atoms with Crippen molar-refractivity contribution in [3.8, 4) is 0 Å². The number of ether oxygens (including phenoxy) is 2. The molecule has 10 nitrogen and oxygen atoms in total. The second-order valence-corrected chi connectivity index (χ2v) is 3.55. The van der Waals surface area contributed by atoms with Crippen molar-refractivity contribution < 1.29 is 49.1 Å². The predicted octanol–water partition coefficient (Wildman–Crippen LogP) is 1.77. The normalized spacial score (nSPS) is 7.67. The minimum atomic E-state index is -0.833. The number of rotatable bonds is 4. The van der Waals surface area contributed by atoms with Crippen LogP contribution < -0.4 is 0 Å². The van der Waals surface area contributed by atoms with Crippen LogP contribution in [0.3, 0.4) is 0 Å². The van der Waals surface area contributed by atoms with E-state index in [0.717, 1.165) is 40.9 Å². The largest absolute Gasteiger partial charge is 0.481 e. The van der Waals surface area contributed by atoms with Crippen molar-refractivity contribution in [2.75, 3.05) is 13.2 Å². The van der Waals surface area contributed by atoms with Crippen molar-refractivity contribution in [3.63, 3.8) is 0 Å². The summed E-state index contributed by atoms with van der Waals surface area (Å²) in [6.07, 6.45) is -0.0370. The molecule has 0 unspecified atom stereocenters. The molecular weight excluding hydrogens is 328 g/mol. The maximum absolute atomic E-state index is 9.00. The Morgan fingerprint density at radius 2 is 0.792 bits per heavy atom. The lowest BCUT2D eigenvalue weighted by molar-refractivity contribution is -0.135. The Kier molecular flexibility index (Phi) is 40.2. The number of hydrogen-bond donors (Lipinski definition) is 4. The highest BCUT2D eigenvalue weighted by Crippen LogP contribution is 1.90. The van der Waals surface area contributed by atoms with Crippen molar-refractivity contribution in [1.29, 1.82) is 0 Å². The third-order valence-electron chi connectivity index (χ3n) is 0.803. The quantitative estimate of drug-likeness (QED) is 0.543. The van der Waals surface area contributed by atoms with E-state index in [-0.39, 0.29) is 6.29 Å². The van der Waals surface area contributed by atoms with Crippen LogP contribution in [0.25, 0.3) is 0 Å². The molecule has 0 radical (unpaired) electrons. The molecule has 0 spiro atoms. The van der Waals surface area contributed by atoms with E-state index in [4.69, 9.17) is 49.1 Å². The Balaban J connectivity index is -0.0000000657. The number of carboxylic acid groups (broad SMARTS) is 4. The molecule has 0 saturated heterocycles. The Bertz CT molecular complexity index is 245. The molecule has 0 aliphatic carbocycles. The highest BCUT2D eigenvalue weighted by molar-refractivity contribution is 5.63. The zero-order valence-electron chi connectivity index (χ0n) is 15.2. The molecule has 0 fully saturated rings. The van der Waals surface area contributed by atoms with E-state index < -0.39 is 23.9 Å². The van der Waals surface area contributed by atoms with Gasteiger partial charge in [0.25, 0.3) is 23.9 Å². The van der Waals surface area contributed by atoms with Crippen LogP contribution in [0.4, 0.5) is 0 Å². The van der Waals surface area contributed by atoms with Crippen LogP contribution in [-0.2, 0) is 28.7 Å². The molecule has 0 aliphatic rings. The third-order valence-corrected chi connectivity index (χ3v) is 0.803.